The van der Waals surface area contributed by atoms with Gasteiger partial charge in [0.25, 0.3) is 0 Å². The van der Waals surface area contributed by atoms with Crippen molar-refractivity contribution >= 4 is 31.2 Å². The zero-order chi connectivity index (χ0) is 23.8. The number of thiazole rings is 1. The Balaban J connectivity index is 1.81. The molecule has 0 radical (unpaired) electrons. The van der Waals surface area contributed by atoms with Gasteiger partial charge in [0, 0.05) is 5.56 Å². The van der Waals surface area contributed by atoms with Crippen molar-refractivity contribution in [1.82, 2.24) is 4.98 Å². The molecule has 0 fully saturated rings. The Morgan fingerprint density at radius 3 is 1.82 bits per heavy atom. The van der Waals surface area contributed by atoms with E-state index in [-0.39, 0.29) is 15.0 Å². The first-order chi connectivity index (χ1) is 15.5. The molecule has 0 spiro atoms. The first-order valence-electron chi connectivity index (χ1n) is 9.40. The molecule has 3 aromatic carbocycles. The summed E-state index contributed by atoms with van der Waals surface area (Å²) in [6.45, 7) is 0. The Labute approximate surface area is 193 Å². The van der Waals surface area contributed by atoms with Crippen molar-refractivity contribution in [2.45, 2.75) is 15.0 Å². The molecule has 4 rings (SSSR count). The van der Waals surface area contributed by atoms with Crippen LogP contribution >= 0.6 is 11.3 Å². The van der Waals surface area contributed by atoms with Crippen LogP contribution in [0.4, 0.5) is 8.78 Å². The normalized spacial score (nSPS) is 12.1. The number of nitrogens with two attached hydrogens (primary N) is 1. The van der Waals surface area contributed by atoms with Gasteiger partial charge in [-0.2, -0.15) is 0 Å². The average Bonchev–Trinajstić information content (AvgIpc) is 3.22. The van der Waals surface area contributed by atoms with E-state index in [2.05, 4.69) is 4.98 Å². The van der Waals surface area contributed by atoms with E-state index in [0.717, 1.165) is 11.3 Å². The lowest BCUT2D eigenvalue weighted by molar-refractivity contribution is 0.593. The summed E-state index contributed by atoms with van der Waals surface area (Å²) in [7, 11) is -7.79. The van der Waals surface area contributed by atoms with Crippen molar-refractivity contribution in [3.63, 3.8) is 0 Å². The molecular weight excluding hydrogens is 490 g/mol. The molecule has 0 amide bonds. The SMILES string of the molecule is NS(=O)(=O)c1ccc(-c2sc(S(=O)(=O)Cc3ccc(F)cc3)nc2-c2ccc(F)cc2)cc1. The maximum atomic E-state index is 13.4. The van der Waals surface area contributed by atoms with Crippen molar-refractivity contribution in [2.75, 3.05) is 0 Å². The van der Waals surface area contributed by atoms with Crippen LogP contribution in [0.15, 0.2) is 82.0 Å². The van der Waals surface area contributed by atoms with Crippen LogP contribution in [-0.2, 0) is 25.6 Å². The topological polar surface area (TPSA) is 107 Å². The highest BCUT2D eigenvalue weighted by Crippen LogP contribution is 2.39. The van der Waals surface area contributed by atoms with E-state index in [1.165, 1.54) is 72.8 Å². The second-order valence-electron chi connectivity index (χ2n) is 7.12. The lowest BCUT2D eigenvalue weighted by atomic mass is 10.1. The first-order valence-corrected chi connectivity index (χ1v) is 13.4. The number of halogens is 2. The molecule has 0 bridgehead atoms. The Morgan fingerprint density at radius 1 is 0.758 bits per heavy atom. The Hall–Kier alpha value is -2.99. The molecule has 33 heavy (non-hydrogen) atoms. The summed E-state index contributed by atoms with van der Waals surface area (Å²) in [4.78, 5) is 4.70. The van der Waals surface area contributed by atoms with Gasteiger partial charge in [0.2, 0.25) is 24.2 Å². The number of primary sulfonamides is 1. The summed E-state index contributed by atoms with van der Waals surface area (Å²) in [6, 6.07) is 16.1. The summed E-state index contributed by atoms with van der Waals surface area (Å²) >= 11 is 0.907. The van der Waals surface area contributed by atoms with Crippen LogP contribution in [0.25, 0.3) is 21.7 Å². The molecule has 0 aliphatic rings. The van der Waals surface area contributed by atoms with Gasteiger partial charge in [0.05, 0.1) is 21.2 Å². The molecule has 0 aliphatic heterocycles. The number of aromatic nitrogens is 1. The Morgan fingerprint density at radius 2 is 1.27 bits per heavy atom. The van der Waals surface area contributed by atoms with Crippen LogP contribution < -0.4 is 5.14 Å². The van der Waals surface area contributed by atoms with E-state index in [0.29, 0.717) is 27.3 Å². The summed E-state index contributed by atoms with van der Waals surface area (Å²) in [6.07, 6.45) is 0. The second-order valence-corrected chi connectivity index (χ2v) is 11.8. The van der Waals surface area contributed by atoms with Crippen LogP contribution in [0.5, 0.6) is 0 Å². The van der Waals surface area contributed by atoms with Crippen molar-refractivity contribution in [3.8, 4) is 21.7 Å². The van der Waals surface area contributed by atoms with Gasteiger partial charge < -0.3 is 0 Å². The maximum absolute atomic E-state index is 13.4. The number of sulfonamides is 1. The summed E-state index contributed by atoms with van der Waals surface area (Å²) < 4.78 is 75.7. The number of nitrogens with zero attached hydrogens (tertiary/aromatic N) is 1. The van der Waals surface area contributed by atoms with E-state index in [4.69, 9.17) is 5.14 Å². The van der Waals surface area contributed by atoms with Crippen molar-refractivity contribution in [1.29, 1.82) is 0 Å². The fourth-order valence-electron chi connectivity index (χ4n) is 3.09. The molecule has 2 N–H and O–H groups in total. The van der Waals surface area contributed by atoms with Crippen molar-refractivity contribution in [2.24, 2.45) is 5.14 Å². The van der Waals surface area contributed by atoms with Crippen LogP contribution in [-0.4, -0.2) is 21.8 Å². The van der Waals surface area contributed by atoms with Gasteiger partial charge in [-0.3, -0.25) is 0 Å². The molecule has 0 saturated carbocycles. The van der Waals surface area contributed by atoms with Gasteiger partial charge >= 0.3 is 0 Å². The number of rotatable bonds is 6. The summed E-state index contributed by atoms with van der Waals surface area (Å²) in [5, 5.41) is 5.15. The highest BCUT2D eigenvalue weighted by Gasteiger charge is 2.25. The molecule has 0 saturated heterocycles. The first kappa shape index (κ1) is 23.2. The third kappa shape index (κ3) is 5.17. The monoisotopic (exact) mass is 506 g/mol. The smallest absolute Gasteiger partial charge is 0.225 e. The number of benzene rings is 3. The molecular formula is C22H16F2N2O4S3. The third-order valence-electron chi connectivity index (χ3n) is 4.71. The fourth-order valence-corrected chi connectivity index (χ4v) is 6.35. The molecule has 11 heteroatoms. The molecule has 0 unspecified atom stereocenters. The van der Waals surface area contributed by atoms with Gasteiger partial charge in [-0.1, -0.05) is 24.3 Å². The minimum atomic E-state index is -3.90. The Kier molecular flexibility index (Phi) is 6.14. The van der Waals surface area contributed by atoms with Gasteiger partial charge in [-0.05, 0) is 59.7 Å². The Bertz CT molecular complexity index is 1510. The lowest BCUT2D eigenvalue weighted by Crippen LogP contribution is -2.11. The number of hydrogen-bond donors (Lipinski definition) is 1. The summed E-state index contributed by atoms with van der Waals surface area (Å²) in [5.74, 6) is -1.32. The highest BCUT2D eigenvalue weighted by molar-refractivity contribution is 7.92. The number of hydrogen-bond acceptors (Lipinski definition) is 6. The molecule has 4 aromatic rings. The van der Waals surface area contributed by atoms with E-state index in [1.807, 2.05) is 0 Å². The lowest BCUT2D eigenvalue weighted by Gasteiger charge is -2.04. The largest absolute Gasteiger partial charge is 0.238 e. The van der Waals surface area contributed by atoms with Crippen LogP contribution in [0, 0.1) is 11.6 Å². The zero-order valence-electron chi connectivity index (χ0n) is 16.8. The molecule has 6 nitrogen and oxygen atoms in total. The number of sulfone groups is 1. The van der Waals surface area contributed by atoms with Crippen LogP contribution in [0.3, 0.4) is 0 Å². The minimum Gasteiger partial charge on any atom is -0.225 e. The average molecular weight is 507 g/mol. The molecule has 0 aliphatic carbocycles. The van der Waals surface area contributed by atoms with Gasteiger partial charge in [0.1, 0.15) is 11.6 Å². The summed E-state index contributed by atoms with van der Waals surface area (Å²) in [5.41, 5.74) is 1.71. The predicted octanol–water partition coefficient (Wildman–Crippen LogP) is 4.38. The van der Waals surface area contributed by atoms with Crippen molar-refractivity contribution in [3.05, 3.63) is 90.0 Å². The van der Waals surface area contributed by atoms with Gasteiger partial charge in [-0.25, -0.2) is 35.7 Å². The molecule has 0 atom stereocenters. The zero-order valence-corrected chi connectivity index (χ0v) is 19.2. The standard InChI is InChI=1S/C22H16F2N2O4S3/c23-17-7-1-14(2-8-17)13-32(27,28)22-26-20(15-3-9-18(24)10-4-15)21(31-22)16-5-11-19(12-6-16)33(25,29)30/h1-12H,13H2,(H2,25,29,30). The van der Waals surface area contributed by atoms with E-state index >= 15 is 0 Å². The highest BCUT2D eigenvalue weighted by atomic mass is 32.2. The third-order valence-corrected chi connectivity index (χ3v) is 8.88. The molecule has 1 aromatic heterocycles. The van der Waals surface area contributed by atoms with Crippen molar-refractivity contribution < 1.29 is 25.6 Å². The van der Waals surface area contributed by atoms with Gasteiger partial charge in [-0.15, -0.1) is 11.3 Å². The fraction of sp³-hybridized carbons (Fsp3) is 0.0455. The van der Waals surface area contributed by atoms with E-state index in [9.17, 15) is 25.6 Å². The second kappa shape index (κ2) is 8.75. The quantitative estimate of drug-likeness (QED) is 0.418. The van der Waals surface area contributed by atoms with E-state index in [1.54, 1.807) is 0 Å². The predicted molar refractivity (Wildman–Crippen MR) is 122 cm³/mol. The van der Waals surface area contributed by atoms with Crippen LogP contribution in [0.2, 0.25) is 0 Å². The molecule has 1 heterocycles. The van der Waals surface area contributed by atoms with Gasteiger partial charge in [0.15, 0.2) is 0 Å². The maximum Gasteiger partial charge on any atom is 0.238 e. The minimum absolute atomic E-state index is 0.0942. The molecule has 170 valence electrons. The van der Waals surface area contributed by atoms with Crippen LogP contribution in [0.1, 0.15) is 5.56 Å². The van der Waals surface area contributed by atoms with E-state index < -0.39 is 31.5 Å².